The number of hydrogen-bond acceptors (Lipinski definition) is 9. The summed E-state index contributed by atoms with van der Waals surface area (Å²) in [4.78, 5) is 52.6. The molecule has 0 aliphatic carbocycles. The molecule has 15 heteroatoms. The summed E-state index contributed by atoms with van der Waals surface area (Å²) in [5, 5.41) is 27.9. The Morgan fingerprint density at radius 1 is 0.696 bits per heavy atom. The van der Waals surface area contributed by atoms with Gasteiger partial charge in [0.05, 0.1) is 18.2 Å². The van der Waals surface area contributed by atoms with Crippen LogP contribution < -0.4 is 15.4 Å². The smallest absolute Gasteiger partial charge is 0.243 e. The number of aromatic hydroxyl groups is 2. The van der Waals surface area contributed by atoms with E-state index in [-0.39, 0.29) is 43.5 Å². The molecule has 2 atom stereocenters. The highest BCUT2D eigenvalue weighted by atomic mass is 35.5. The van der Waals surface area contributed by atoms with E-state index in [2.05, 4.69) is 10.6 Å². The molecule has 284 valence electrons. The number of phenolic OH excluding ortho intramolecular Hbond substituents is 2. The molecule has 2 unspecified atom stereocenters. The lowest BCUT2D eigenvalue weighted by atomic mass is 9.73. The number of phenols is 2. The van der Waals surface area contributed by atoms with Crippen LogP contribution in [0.1, 0.15) is 45.7 Å². The Bertz CT molecular complexity index is 2610. The summed E-state index contributed by atoms with van der Waals surface area (Å²) in [6.07, 6.45) is 0. The molecule has 2 aliphatic heterocycles. The number of benzene rings is 4. The summed E-state index contributed by atoms with van der Waals surface area (Å²) in [6, 6.07) is 20.8. The molecule has 0 bridgehead atoms. The Balaban J connectivity index is 0.000000172. The van der Waals surface area contributed by atoms with Crippen molar-refractivity contribution in [3.05, 3.63) is 134 Å². The molecule has 0 saturated carbocycles. The quantitative estimate of drug-likeness (QED) is 0.127. The summed E-state index contributed by atoms with van der Waals surface area (Å²) < 4.78 is 46.0. The van der Waals surface area contributed by atoms with Crippen LogP contribution in [0.2, 0.25) is 4.34 Å². The van der Waals surface area contributed by atoms with Crippen LogP contribution >= 0.6 is 34.3 Å². The standard InChI is InChI=1S/C21H15ClFNO4S.C20H13F2NO3S/c1-21(10-3-6-12(28-2)7-4-10)17(26)16-15(13-8-5-11(23)9-14(13)25)18(22)29-19(16)24-20(21)27;1-20(10-5-3-2-4-6-10)17(25)14-12(9-27-18(14)23-19(20)26)11-7-8-13(21)15(22)16(11)24/h3-9,25H,1-2H3,(H,24,27);2-9,24H,1H3,(H,23,26). The van der Waals surface area contributed by atoms with Crippen molar-refractivity contribution in [1.29, 1.82) is 0 Å². The zero-order valence-electron chi connectivity index (χ0n) is 29.4. The first-order chi connectivity index (χ1) is 26.6. The van der Waals surface area contributed by atoms with Crippen molar-refractivity contribution in [1.82, 2.24) is 0 Å². The van der Waals surface area contributed by atoms with Gasteiger partial charge in [0, 0.05) is 33.7 Å². The van der Waals surface area contributed by atoms with Crippen molar-refractivity contribution in [2.75, 3.05) is 17.7 Å². The first-order valence-electron chi connectivity index (χ1n) is 16.6. The lowest BCUT2D eigenvalue weighted by Gasteiger charge is -2.32. The fourth-order valence-corrected chi connectivity index (χ4v) is 8.99. The van der Waals surface area contributed by atoms with Crippen molar-refractivity contribution in [3.8, 4) is 39.5 Å². The van der Waals surface area contributed by atoms with E-state index >= 15 is 0 Å². The SMILES string of the molecule is CC1(c2ccccc2)C(=O)Nc2scc(-c3ccc(F)c(F)c3O)c2C1=O.COc1ccc(C2(C)C(=O)Nc3sc(Cl)c(-c4ccc(F)cc4O)c3C2=O)cc1. The third-order valence-electron chi connectivity index (χ3n) is 9.99. The van der Waals surface area contributed by atoms with Gasteiger partial charge in [-0.15, -0.1) is 22.7 Å². The molecular formula is C41H28ClF3N2O7S2. The predicted octanol–water partition coefficient (Wildman–Crippen LogP) is 9.51. The van der Waals surface area contributed by atoms with E-state index in [9.17, 15) is 42.6 Å². The molecule has 4 heterocycles. The molecule has 9 nitrogen and oxygen atoms in total. The van der Waals surface area contributed by atoms with Crippen LogP contribution in [0.25, 0.3) is 22.3 Å². The lowest BCUT2D eigenvalue weighted by Crippen LogP contribution is -2.48. The molecule has 2 aromatic heterocycles. The first kappa shape index (κ1) is 38.3. The topological polar surface area (TPSA) is 142 Å². The zero-order chi connectivity index (χ0) is 40.3. The number of ketones is 2. The van der Waals surface area contributed by atoms with E-state index in [0.29, 0.717) is 26.9 Å². The second kappa shape index (κ2) is 14.3. The van der Waals surface area contributed by atoms with Crippen molar-refractivity contribution < 1.29 is 47.3 Å². The van der Waals surface area contributed by atoms with Gasteiger partial charge in [-0.05, 0) is 61.4 Å². The van der Waals surface area contributed by atoms with Crippen LogP contribution in [0, 0.1) is 17.5 Å². The summed E-state index contributed by atoms with van der Waals surface area (Å²) in [6.45, 7) is 3.06. The molecular weight excluding hydrogens is 789 g/mol. The van der Waals surface area contributed by atoms with E-state index in [1.165, 1.54) is 44.5 Å². The number of amides is 2. The third kappa shape index (κ3) is 6.01. The van der Waals surface area contributed by atoms with Gasteiger partial charge in [-0.3, -0.25) is 19.2 Å². The third-order valence-corrected chi connectivity index (χ3v) is 12.2. The molecule has 0 radical (unpaired) electrons. The molecule has 0 spiro atoms. The molecule has 8 rings (SSSR count). The van der Waals surface area contributed by atoms with Crippen molar-refractivity contribution in [3.63, 3.8) is 0 Å². The normalized spacial score (nSPS) is 18.6. The molecule has 4 aromatic carbocycles. The fraction of sp³-hybridized carbons (Fsp3) is 0.122. The Labute approximate surface area is 330 Å². The van der Waals surface area contributed by atoms with Crippen LogP contribution in [-0.2, 0) is 20.4 Å². The summed E-state index contributed by atoms with van der Waals surface area (Å²) in [5.41, 5.74) is -0.874. The second-order valence-corrected chi connectivity index (χ2v) is 15.6. The van der Waals surface area contributed by atoms with Gasteiger partial charge < -0.3 is 25.6 Å². The largest absolute Gasteiger partial charge is 0.507 e. The maximum Gasteiger partial charge on any atom is 0.243 e. The average molecular weight is 817 g/mol. The van der Waals surface area contributed by atoms with E-state index in [0.717, 1.165) is 34.8 Å². The van der Waals surface area contributed by atoms with E-state index in [1.54, 1.807) is 54.6 Å². The number of anilines is 2. The van der Waals surface area contributed by atoms with Gasteiger partial charge in [-0.25, -0.2) is 8.78 Å². The van der Waals surface area contributed by atoms with Gasteiger partial charge in [0.15, 0.2) is 23.1 Å². The minimum atomic E-state index is -1.51. The number of nitrogens with one attached hydrogen (secondary N) is 2. The number of hydrogen-bond donors (Lipinski definition) is 4. The maximum absolute atomic E-state index is 13.8. The van der Waals surface area contributed by atoms with E-state index in [1.807, 2.05) is 0 Å². The monoisotopic (exact) mass is 816 g/mol. The number of methoxy groups -OCH3 is 1. The van der Waals surface area contributed by atoms with Gasteiger partial charge in [0.2, 0.25) is 17.6 Å². The van der Waals surface area contributed by atoms with Crippen molar-refractivity contribution in [2.24, 2.45) is 0 Å². The molecule has 4 N–H and O–H groups in total. The highest BCUT2D eigenvalue weighted by Crippen LogP contribution is 2.51. The van der Waals surface area contributed by atoms with Crippen LogP contribution in [0.15, 0.2) is 90.3 Å². The van der Waals surface area contributed by atoms with Crippen LogP contribution in [0.5, 0.6) is 17.2 Å². The van der Waals surface area contributed by atoms with Gasteiger partial charge in [-0.1, -0.05) is 54.1 Å². The number of ether oxygens (including phenoxy) is 1. The molecule has 2 amide bonds. The highest BCUT2D eigenvalue weighted by molar-refractivity contribution is 7.21. The highest BCUT2D eigenvalue weighted by Gasteiger charge is 2.51. The Morgan fingerprint density at radius 3 is 1.91 bits per heavy atom. The van der Waals surface area contributed by atoms with Crippen molar-refractivity contribution in [2.45, 2.75) is 24.7 Å². The van der Waals surface area contributed by atoms with E-state index in [4.69, 9.17) is 16.3 Å². The lowest BCUT2D eigenvalue weighted by molar-refractivity contribution is -0.120. The van der Waals surface area contributed by atoms with Gasteiger partial charge in [0.25, 0.3) is 0 Å². The number of halogens is 4. The number of carbonyl (C=O) groups is 4. The molecule has 6 aromatic rings. The number of thiophene rings is 2. The minimum Gasteiger partial charge on any atom is -0.507 e. The first-order valence-corrected chi connectivity index (χ1v) is 18.7. The average Bonchev–Trinajstić information content (AvgIpc) is 3.75. The number of carbonyl (C=O) groups excluding carboxylic acids is 4. The van der Waals surface area contributed by atoms with Crippen LogP contribution in [0.4, 0.5) is 23.2 Å². The number of rotatable bonds is 5. The summed E-state index contributed by atoms with van der Waals surface area (Å²) in [7, 11) is 1.52. The van der Waals surface area contributed by atoms with Crippen LogP contribution in [0.3, 0.4) is 0 Å². The maximum atomic E-state index is 13.8. The molecule has 56 heavy (non-hydrogen) atoms. The Hall–Kier alpha value is -5.96. The molecule has 0 saturated heterocycles. The van der Waals surface area contributed by atoms with E-state index < -0.39 is 57.4 Å². The predicted molar refractivity (Wildman–Crippen MR) is 208 cm³/mol. The van der Waals surface area contributed by atoms with Crippen LogP contribution in [-0.4, -0.2) is 40.7 Å². The van der Waals surface area contributed by atoms with Gasteiger partial charge >= 0.3 is 0 Å². The number of fused-ring (bicyclic) bond motifs is 2. The number of Topliss-reactive ketones (excluding diaryl/α,β-unsaturated/α-hetero) is 2. The zero-order valence-corrected chi connectivity index (χ0v) is 31.8. The Morgan fingerprint density at radius 2 is 1.29 bits per heavy atom. The summed E-state index contributed by atoms with van der Waals surface area (Å²) >= 11 is 8.48. The van der Waals surface area contributed by atoms with Crippen molar-refractivity contribution >= 4 is 67.7 Å². The van der Waals surface area contributed by atoms with Gasteiger partial charge in [-0.2, -0.15) is 4.39 Å². The minimum absolute atomic E-state index is 0.00805. The Kier molecular flexibility index (Phi) is 9.77. The molecule has 0 fully saturated rings. The fourth-order valence-electron chi connectivity index (χ4n) is 6.68. The van der Waals surface area contributed by atoms with Gasteiger partial charge in [0.1, 0.15) is 42.5 Å². The summed E-state index contributed by atoms with van der Waals surface area (Å²) in [5.74, 6) is -5.67. The molecule has 2 aliphatic rings. The second-order valence-electron chi connectivity index (χ2n) is 13.1.